The van der Waals surface area contributed by atoms with Crippen LogP contribution in [0.2, 0.25) is 15.1 Å². The number of hydrogen-bond acceptors (Lipinski definition) is 3. The zero-order valence-corrected chi connectivity index (χ0v) is 16.5. The minimum Gasteiger partial charge on any atom is -0.323 e. The predicted molar refractivity (Wildman–Crippen MR) is 103 cm³/mol. The van der Waals surface area contributed by atoms with Crippen molar-refractivity contribution in [2.45, 2.75) is 23.8 Å². The second kappa shape index (κ2) is 7.74. The van der Waals surface area contributed by atoms with Crippen molar-refractivity contribution >= 4 is 56.4 Å². The molecule has 2 aromatic carbocycles. The first-order chi connectivity index (χ1) is 12.3. The van der Waals surface area contributed by atoms with Crippen molar-refractivity contribution in [2.24, 2.45) is 0 Å². The van der Waals surface area contributed by atoms with Crippen molar-refractivity contribution in [3.63, 3.8) is 0 Å². The molecule has 26 heavy (non-hydrogen) atoms. The number of nitrogens with zero attached hydrogens (tertiary/aromatic N) is 1. The lowest BCUT2D eigenvalue weighted by atomic mass is 10.2. The van der Waals surface area contributed by atoms with Gasteiger partial charge in [-0.1, -0.05) is 40.9 Å². The third-order valence-corrected chi connectivity index (χ3v) is 7.13. The lowest BCUT2D eigenvalue weighted by Gasteiger charge is -2.23. The highest BCUT2D eigenvalue weighted by Crippen LogP contribution is 2.31. The van der Waals surface area contributed by atoms with E-state index in [-0.39, 0.29) is 16.5 Å². The van der Waals surface area contributed by atoms with E-state index in [1.54, 1.807) is 18.2 Å². The molecule has 0 aliphatic carbocycles. The van der Waals surface area contributed by atoms with Gasteiger partial charge in [-0.2, -0.15) is 4.31 Å². The van der Waals surface area contributed by atoms with E-state index in [2.05, 4.69) is 5.32 Å². The maximum absolute atomic E-state index is 12.9. The molecule has 0 aromatic heterocycles. The molecule has 2 aromatic rings. The minimum atomic E-state index is -3.81. The number of carbonyl (C=O) groups excluding carboxylic acids is 1. The average Bonchev–Trinajstić information content (AvgIpc) is 3.10. The molecule has 0 saturated carbocycles. The molecule has 1 saturated heterocycles. The van der Waals surface area contributed by atoms with Crippen LogP contribution >= 0.6 is 34.8 Å². The fourth-order valence-electron chi connectivity index (χ4n) is 2.85. The van der Waals surface area contributed by atoms with Crippen LogP contribution in [0.1, 0.15) is 12.8 Å². The number of anilines is 1. The summed E-state index contributed by atoms with van der Waals surface area (Å²) < 4.78 is 27.0. The highest BCUT2D eigenvalue weighted by Gasteiger charge is 2.39. The van der Waals surface area contributed by atoms with E-state index in [1.165, 1.54) is 28.6 Å². The molecule has 1 N–H and O–H groups in total. The third kappa shape index (κ3) is 3.85. The Morgan fingerprint density at radius 3 is 2.46 bits per heavy atom. The summed E-state index contributed by atoms with van der Waals surface area (Å²) >= 11 is 17.9. The van der Waals surface area contributed by atoms with E-state index < -0.39 is 22.0 Å². The summed E-state index contributed by atoms with van der Waals surface area (Å²) in [6.45, 7) is 0.270. The maximum Gasteiger partial charge on any atom is 0.243 e. The first-order valence-corrected chi connectivity index (χ1v) is 10.4. The highest BCUT2D eigenvalue weighted by molar-refractivity contribution is 7.89. The summed E-state index contributed by atoms with van der Waals surface area (Å²) in [6, 6.07) is 9.92. The van der Waals surface area contributed by atoms with Gasteiger partial charge in [0.15, 0.2) is 0 Å². The molecule has 0 bridgehead atoms. The predicted octanol–water partition coefficient (Wildman–Crippen LogP) is 4.44. The molecule has 0 radical (unpaired) electrons. The van der Waals surface area contributed by atoms with E-state index in [4.69, 9.17) is 34.8 Å². The van der Waals surface area contributed by atoms with Gasteiger partial charge >= 0.3 is 0 Å². The number of amides is 1. The van der Waals surface area contributed by atoms with E-state index >= 15 is 0 Å². The number of hydrogen-bond donors (Lipinski definition) is 1. The number of sulfonamides is 1. The van der Waals surface area contributed by atoms with E-state index in [9.17, 15) is 13.2 Å². The summed E-state index contributed by atoms with van der Waals surface area (Å²) in [4.78, 5) is 12.8. The molecule has 1 aliphatic heterocycles. The van der Waals surface area contributed by atoms with Gasteiger partial charge in [0.25, 0.3) is 0 Å². The van der Waals surface area contributed by atoms with Crippen molar-refractivity contribution in [2.75, 3.05) is 11.9 Å². The summed E-state index contributed by atoms with van der Waals surface area (Å²) in [6.07, 6.45) is 1.02. The maximum atomic E-state index is 12.9. The zero-order chi connectivity index (χ0) is 18.9. The van der Waals surface area contributed by atoms with Crippen LogP contribution < -0.4 is 5.32 Å². The van der Waals surface area contributed by atoms with Crippen LogP contribution in [0.3, 0.4) is 0 Å². The van der Waals surface area contributed by atoms with Gasteiger partial charge in [-0.05, 0) is 49.2 Å². The number of nitrogens with one attached hydrogen (secondary N) is 1. The van der Waals surface area contributed by atoms with Crippen LogP contribution in [0.15, 0.2) is 47.4 Å². The Labute approximate surface area is 166 Å². The van der Waals surface area contributed by atoms with Crippen LogP contribution in [0.25, 0.3) is 0 Å². The molecule has 5 nitrogen and oxygen atoms in total. The largest absolute Gasteiger partial charge is 0.323 e. The highest BCUT2D eigenvalue weighted by atomic mass is 35.5. The second-order valence-electron chi connectivity index (χ2n) is 5.82. The van der Waals surface area contributed by atoms with Crippen molar-refractivity contribution in [1.29, 1.82) is 0 Å². The van der Waals surface area contributed by atoms with Gasteiger partial charge in [0.2, 0.25) is 15.9 Å². The van der Waals surface area contributed by atoms with E-state index in [0.717, 1.165) is 0 Å². The fourth-order valence-corrected chi connectivity index (χ4v) is 4.98. The Balaban J connectivity index is 1.84. The van der Waals surface area contributed by atoms with Gasteiger partial charge in [0, 0.05) is 11.6 Å². The Bertz CT molecular complexity index is 933. The van der Waals surface area contributed by atoms with Gasteiger partial charge in [0.05, 0.1) is 20.6 Å². The van der Waals surface area contributed by atoms with Crippen molar-refractivity contribution in [1.82, 2.24) is 4.31 Å². The first kappa shape index (κ1) is 19.5. The van der Waals surface area contributed by atoms with Crippen LogP contribution in [-0.2, 0) is 14.8 Å². The Morgan fingerprint density at radius 2 is 1.77 bits per heavy atom. The van der Waals surface area contributed by atoms with Gasteiger partial charge in [0.1, 0.15) is 6.04 Å². The second-order valence-corrected chi connectivity index (χ2v) is 8.93. The molecule has 1 aliphatic rings. The minimum absolute atomic E-state index is 0.0994. The summed E-state index contributed by atoms with van der Waals surface area (Å²) in [5.74, 6) is -0.441. The quantitative estimate of drug-likeness (QED) is 0.775. The number of benzene rings is 2. The van der Waals surface area contributed by atoms with E-state index in [1.807, 2.05) is 0 Å². The molecular weight excluding hydrogens is 419 g/mol. The summed E-state index contributed by atoms with van der Waals surface area (Å²) in [5, 5.41) is 3.64. The SMILES string of the molecule is O=C(Nc1cccc(Cl)c1Cl)C1CCCN1S(=O)(=O)c1ccc(Cl)cc1. The molecule has 1 amide bonds. The zero-order valence-electron chi connectivity index (χ0n) is 13.5. The molecule has 9 heteroatoms. The lowest BCUT2D eigenvalue weighted by Crippen LogP contribution is -2.43. The summed E-state index contributed by atoms with van der Waals surface area (Å²) in [7, 11) is -3.81. The molecular formula is C17H15Cl3N2O3S. The number of rotatable bonds is 4. The monoisotopic (exact) mass is 432 g/mol. The Morgan fingerprint density at radius 1 is 1.08 bits per heavy atom. The normalized spacial score (nSPS) is 18.0. The lowest BCUT2D eigenvalue weighted by molar-refractivity contribution is -0.119. The van der Waals surface area contributed by atoms with Gasteiger partial charge in [-0.15, -0.1) is 0 Å². The van der Waals surface area contributed by atoms with Crippen LogP contribution in [0.4, 0.5) is 5.69 Å². The number of halogens is 3. The van der Waals surface area contributed by atoms with Crippen LogP contribution in [0.5, 0.6) is 0 Å². The average molecular weight is 434 g/mol. The van der Waals surface area contributed by atoms with Crippen LogP contribution in [-0.4, -0.2) is 31.2 Å². The first-order valence-electron chi connectivity index (χ1n) is 7.83. The molecule has 1 unspecified atom stereocenters. The summed E-state index contributed by atoms with van der Waals surface area (Å²) in [5.41, 5.74) is 0.347. The van der Waals surface area contributed by atoms with Gasteiger partial charge in [-0.25, -0.2) is 8.42 Å². The molecule has 1 heterocycles. The molecule has 3 rings (SSSR count). The van der Waals surface area contributed by atoms with Crippen molar-refractivity contribution in [3.8, 4) is 0 Å². The van der Waals surface area contributed by atoms with Crippen molar-refractivity contribution in [3.05, 3.63) is 57.5 Å². The van der Waals surface area contributed by atoms with Crippen LogP contribution in [0, 0.1) is 0 Å². The Hall–Kier alpha value is -1.31. The number of carbonyl (C=O) groups is 1. The Kier molecular flexibility index (Phi) is 5.79. The molecule has 1 fully saturated rings. The van der Waals surface area contributed by atoms with E-state index in [0.29, 0.717) is 28.6 Å². The molecule has 0 spiro atoms. The molecule has 138 valence electrons. The molecule has 1 atom stereocenters. The topological polar surface area (TPSA) is 66.5 Å². The smallest absolute Gasteiger partial charge is 0.243 e. The van der Waals surface area contributed by atoms with Crippen molar-refractivity contribution < 1.29 is 13.2 Å². The third-order valence-electron chi connectivity index (χ3n) is 4.14. The van der Waals surface area contributed by atoms with Gasteiger partial charge in [-0.3, -0.25) is 4.79 Å². The van der Waals surface area contributed by atoms with Gasteiger partial charge < -0.3 is 5.32 Å². The standard InChI is InChI=1S/C17H15Cl3N2O3S/c18-11-6-8-12(9-7-11)26(24,25)22-10-2-5-15(22)17(23)21-14-4-1-3-13(19)16(14)20/h1,3-4,6-9,15H,2,5,10H2,(H,21,23). The fraction of sp³-hybridized carbons (Fsp3) is 0.235.